The van der Waals surface area contributed by atoms with Gasteiger partial charge in [0.15, 0.2) is 0 Å². The molecule has 1 aliphatic heterocycles. The first-order valence-corrected chi connectivity index (χ1v) is 24.6. The molecule has 0 saturated carbocycles. The summed E-state index contributed by atoms with van der Waals surface area (Å²) in [6, 6.07) is 75.6. The normalized spacial score (nSPS) is 13.0. The van der Waals surface area contributed by atoms with Crippen LogP contribution in [-0.2, 0) is 16.2 Å². The van der Waals surface area contributed by atoms with Crippen LogP contribution in [-0.4, -0.2) is 23.3 Å². The van der Waals surface area contributed by atoms with Gasteiger partial charge in [0.1, 0.15) is 12.5 Å². The van der Waals surface area contributed by atoms with Crippen LogP contribution in [0.3, 0.4) is 0 Å². The zero-order valence-electron chi connectivity index (χ0n) is 41.7. The van der Waals surface area contributed by atoms with Crippen LogP contribution >= 0.6 is 0 Å². The van der Waals surface area contributed by atoms with Gasteiger partial charge >= 0.3 is 0 Å². The van der Waals surface area contributed by atoms with Gasteiger partial charge in [0.05, 0.1) is 22.4 Å². The second-order valence-corrected chi connectivity index (χ2v) is 21.2. The van der Waals surface area contributed by atoms with Crippen molar-refractivity contribution in [2.24, 2.45) is 0 Å². The first-order valence-electron chi connectivity index (χ1n) is 24.6. The highest BCUT2D eigenvalue weighted by molar-refractivity contribution is 6.11. The van der Waals surface area contributed by atoms with Crippen molar-refractivity contribution in [3.8, 4) is 16.9 Å². The monoisotopic (exact) mass is 911 g/mol. The molecule has 0 aliphatic carbocycles. The Morgan fingerprint density at radius 1 is 0.414 bits per heavy atom. The van der Waals surface area contributed by atoms with Gasteiger partial charge in [-0.25, -0.2) is 4.98 Å². The summed E-state index contributed by atoms with van der Waals surface area (Å²) in [5.74, 6) is 0.879. The van der Waals surface area contributed by atoms with E-state index in [9.17, 15) is 0 Å². The van der Waals surface area contributed by atoms with Crippen LogP contribution in [0.2, 0.25) is 0 Å². The van der Waals surface area contributed by atoms with Crippen molar-refractivity contribution in [1.82, 2.24) is 9.55 Å². The van der Waals surface area contributed by atoms with Crippen molar-refractivity contribution in [2.75, 3.05) is 28.4 Å². The molecule has 5 heteroatoms. The molecule has 5 nitrogen and oxygen atoms in total. The second kappa shape index (κ2) is 17.3. The Labute approximate surface area is 413 Å². The Hall–Kier alpha value is -7.89. The molecule has 0 fully saturated rings. The van der Waals surface area contributed by atoms with E-state index < -0.39 is 5.41 Å². The number of para-hydroxylation sites is 2. The molecule has 0 N–H and O–H groups in total. The lowest BCUT2D eigenvalue weighted by Crippen LogP contribution is -2.25. The molecule has 0 unspecified atom stereocenters. The van der Waals surface area contributed by atoms with Gasteiger partial charge < -0.3 is 14.7 Å². The lowest BCUT2D eigenvalue weighted by molar-refractivity contribution is 0.568. The maximum atomic E-state index is 5.17. The van der Waals surface area contributed by atoms with Crippen LogP contribution in [0.25, 0.3) is 38.8 Å². The SMILES string of the molecule is CN(c1cccc(N2CN(c3cc(C(C)(C)C)cc(C(C)(C)C)c3)c3ccccc32)c1)c1ccc2c3cc(-c4ccccc4)ccc3n(-c3cc(C(C)(c4ccccc4)c4ccccc4)ccn3)c2c1. The molecule has 2 aromatic heterocycles. The molecule has 8 aromatic carbocycles. The number of nitrogens with zero attached hydrogens (tertiary/aromatic N) is 5. The van der Waals surface area contributed by atoms with Gasteiger partial charge in [-0.2, -0.15) is 0 Å². The van der Waals surface area contributed by atoms with Gasteiger partial charge in [-0.05, 0) is 136 Å². The molecule has 10 aromatic rings. The smallest absolute Gasteiger partial charge is 0.137 e. The van der Waals surface area contributed by atoms with E-state index in [1.165, 1.54) is 66.8 Å². The fraction of sp³-hybridized carbons (Fsp3) is 0.185. The minimum atomic E-state index is -0.422. The zero-order chi connectivity index (χ0) is 48.4. The third kappa shape index (κ3) is 7.89. The van der Waals surface area contributed by atoms with Gasteiger partial charge in [-0.1, -0.05) is 169 Å². The molecule has 0 bridgehead atoms. The Morgan fingerprint density at radius 3 is 1.63 bits per heavy atom. The molecule has 0 radical (unpaired) electrons. The third-order valence-electron chi connectivity index (χ3n) is 14.7. The molecule has 3 heterocycles. The number of rotatable bonds is 9. The van der Waals surface area contributed by atoms with E-state index in [0.717, 1.165) is 33.9 Å². The van der Waals surface area contributed by atoms with Crippen molar-refractivity contribution in [3.05, 3.63) is 240 Å². The van der Waals surface area contributed by atoms with E-state index in [4.69, 9.17) is 4.98 Å². The van der Waals surface area contributed by atoms with Crippen molar-refractivity contribution in [1.29, 1.82) is 0 Å². The number of fused-ring (bicyclic) bond motifs is 4. The van der Waals surface area contributed by atoms with Gasteiger partial charge in [0.25, 0.3) is 0 Å². The van der Waals surface area contributed by atoms with Crippen molar-refractivity contribution in [2.45, 2.75) is 64.7 Å². The maximum absolute atomic E-state index is 5.17. The summed E-state index contributed by atoms with van der Waals surface area (Å²) in [7, 11) is 2.18. The van der Waals surface area contributed by atoms with E-state index in [0.29, 0.717) is 6.67 Å². The van der Waals surface area contributed by atoms with Crippen LogP contribution in [0.1, 0.15) is 76.3 Å². The number of aromatic nitrogens is 2. The Morgan fingerprint density at radius 2 is 1.00 bits per heavy atom. The Kier molecular flexibility index (Phi) is 11.0. The quantitative estimate of drug-likeness (QED) is 0.144. The molecule has 346 valence electrons. The first-order chi connectivity index (χ1) is 33.8. The minimum Gasteiger partial charge on any atom is -0.344 e. The molecule has 0 amide bonds. The van der Waals surface area contributed by atoms with E-state index in [1.54, 1.807) is 0 Å². The van der Waals surface area contributed by atoms with Crippen LogP contribution < -0.4 is 14.7 Å². The lowest BCUT2D eigenvalue weighted by Gasteiger charge is -2.32. The summed E-state index contributed by atoms with van der Waals surface area (Å²) in [6.07, 6.45) is 1.98. The highest BCUT2D eigenvalue weighted by Crippen LogP contribution is 2.47. The number of hydrogen-bond acceptors (Lipinski definition) is 4. The van der Waals surface area contributed by atoms with Crippen molar-refractivity contribution in [3.63, 3.8) is 0 Å². The molecule has 0 atom stereocenters. The fourth-order valence-corrected chi connectivity index (χ4v) is 10.5. The summed E-state index contributed by atoms with van der Waals surface area (Å²) in [4.78, 5) is 12.4. The second-order valence-electron chi connectivity index (χ2n) is 21.2. The Balaban J connectivity index is 1.01. The summed E-state index contributed by atoms with van der Waals surface area (Å²) in [6.45, 7) is 16.9. The number of hydrogen-bond donors (Lipinski definition) is 0. The molecular formula is C65H61N5. The summed E-state index contributed by atoms with van der Waals surface area (Å²) >= 11 is 0. The molecular weight excluding hydrogens is 851 g/mol. The van der Waals surface area contributed by atoms with E-state index in [-0.39, 0.29) is 10.8 Å². The first kappa shape index (κ1) is 44.6. The molecule has 11 rings (SSSR count). The highest BCUT2D eigenvalue weighted by atomic mass is 15.4. The number of pyridine rings is 1. The van der Waals surface area contributed by atoms with E-state index >= 15 is 0 Å². The number of benzene rings is 8. The van der Waals surface area contributed by atoms with Crippen LogP contribution in [0.5, 0.6) is 0 Å². The largest absolute Gasteiger partial charge is 0.344 e. The molecule has 0 spiro atoms. The predicted molar refractivity (Wildman–Crippen MR) is 296 cm³/mol. The van der Waals surface area contributed by atoms with Crippen LogP contribution in [0.4, 0.5) is 34.1 Å². The zero-order valence-corrected chi connectivity index (χ0v) is 41.7. The average molecular weight is 912 g/mol. The molecule has 0 saturated heterocycles. The van der Waals surface area contributed by atoms with Crippen LogP contribution in [0, 0.1) is 0 Å². The molecule has 70 heavy (non-hydrogen) atoms. The van der Waals surface area contributed by atoms with Crippen molar-refractivity contribution < 1.29 is 0 Å². The standard InChI is InChI=1S/C65H61N5/c1-63(2,3)50-38-51(64(4,5)6)40-55(39-50)69-44-68(59-29-18-19-30-60(59)69)54-28-20-27-52(42-54)67(8)53-32-33-56-57-37-46(45-21-12-9-13-22-45)31-34-58(57)70(61(56)43-53)62-41-49(35-36-66-62)65(7,47-23-14-10-15-24-47)48-25-16-11-17-26-48/h9-43H,44H2,1-8H3. The molecule has 1 aliphatic rings. The Bertz CT molecular complexity index is 3450. The van der Waals surface area contributed by atoms with Crippen LogP contribution in [0.15, 0.2) is 212 Å². The van der Waals surface area contributed by atoms with Gasteiger partial charge in [0, 0.05) is 52.2 Å². The highest BCUT2D eigenvalue weighted by Gasteiger charge is 2.33. The van der Waals surface area contributed by atoms with E-state index in [1.807, 2.05) is 6.20 Å². The topological polar surface area (TPSA) is 27.5 Å². The predicted octanol–water partition coefficient (Wildman–Crippen LogP) is 16.8. The number of anilines is 6. The summed E-state index contributed by atoms with van der Waals surface area (Å²) in [5.41, 5.74) is 17.5. The van der Waals surface area contributed by atoms with Gasteiger partial charge in [-0.3, -0.25) is 4.57 Å². The van der Waals surface area contributed by atoms with Gasteiger partial charge in [0.2, 0.25) is 0 Å². The fourth-order valence-electron chi connectivity index (χ4n) is 10.5. The average Bonchev–Trinajstić information content (AvgIpc) is 3.94. The maximum Gasteiger partial charge on any atom is 0.137 e. The van der Waals surface area contributed by atoms with Gasteiger partial charge in [-0.15, -0.1) is 0 Å². The third-order valence-corrected chi connectivity index (χ3v) is 14.7. The van der Waals surface area contributed by atoms with E-state index in [2.05, 4.69) is 281 Å². The lowest BCUT2D eigenvalue weighted by atomic mass is 9.71. The summed E-state index contributed by atoms with van der Waals surface area (Å²) in [5, 5.41) is 2.37. The van der Waals surface area contributed by atoms with Crippen molar-refractivity contribution >= 4 is 55.9 Å². The summed E-state index contributed by atoms with van der Waals surface area (Å²) < 4.78 is 2.36. The minimum absolute atomic E-state index is 0.0169.